The molecule has 7 nitrogen and oxygen atoms in total. The van der Waals surface area contributed by atoms with E-state index in [0.717, 1.165) is 31.4 Å². The Bertz CT molecular complexity index is 928. The second kappa shape index (κ2) is 5.92. The van der Waals surface area contributed by atoms with Crippen molar-refractivity contribution in [2.24, 2.45) is 34.0 Å². The quantitative estimate of drug-likeness (QED) is 0.326. The average Bonchev–Trinajstić information content (AvgIpc) is 3.03. The zero-order chi connectivity index (χ0) is 21.9. The summed E-state index contributed by atoms with van der Waals surface area (Å²) >= 11 is 0. The van der Waals surface area contributed by atoms with Gasteiger partial charge in [0, 0.05) is 48.2 Å². The number of carbonyl (C=O) groups excluding carboxylic acids is 1. The van der Waals surface area contributed by atoms with Gasteiger partial charge in [-0.3, -0.25) is 9.69 Å². The van der Waals surface area contributed by atoms with E-state index >= 15 is 0 Å². The highest BCUT2D eigenvalue weighted by Gasteiger charge is 2.95. The minimum Gasteiger partial charge on any atom is -0.459 e. The molecule has 0 aromatic carbocycles. The number of hydrogen-bond acceptors (Lipinski definition) is 7. The Labute approximate surface area is 194 Å². The lowest BCUT2D eigenvalue weighted by molar-refractivity contribution is -0.285. The topological polar surface area (TPSA) is 99.5 Å². The van der Waals surface area contributed by atoms with Crippen LogP contribution in [-0.2, 0) is 14.3 Å². The lowest BCUT2D eigenvalue weighted by Gasteiger charge is -2.68. The first-order valence-electron chi connectivity index (χ1n) is 11.9. The molecule has 6 saturated carbocycles. The Morgan fingerprint density at radius 3 is 2.66 bits per heavy atom. The van der Waals surface area contributed by atoms with E-state index in [4.69, 9.17) is 9.47 Å². The van der Waals surface area contributed by atoms with E-state index in [1.807, 2.05) is 0 Å². The highest BCUT2D eigenvalue weighted by molar-refractivity contribution is 5.85. The van der Waals surface area contributed by atoms with E-state index in [1.54, 1.807) is 6.92 Å². The molecule has 9 aliphatic rings. The van der Waals surface area contributed by atoms with E-state index in [-0.39, 0.29) is 41.3 Å². The molecule has 3 unspecified atom stereocenters. The highest BCUT2D eigenvalue weighted by atomic mass is 35.5. The molecule has 0 amide bonds. The van der Waals surface area contributed by atoms with Crippen molar-refractivity contribution in [3.8, 4) is 0 Å². The molecule has 3 aliphatic heterocycles. The summed E-state index contributed by atoms with van der Waals surface area (Å²) in [7, 11) is 0. The molecule has 32 heavy (non-hydrogen) atoms. The zero-order valence-corrected chi connectivity index (χ0v) is 19.7. The molecule has 3 saturated heterocycles. The normalized spacial score (nSPS) is 62.8. The number of nitrogens with zero attached hydrogens (tertiary/aromatic N) is 1. The van der Waals surface area contributed by atoms with E-state index in [0.29, 0.717) is 18.4 Å². The van der Waals surface area contributed by atoms with Crippen LogP contribution in [0.2, 0.25) is 0 Å². The van der Waals surface area contributed by atoms with Gasteiger partial charge in [0.2, 0.25) is 0 Å². The molecule has 0 aromatic rings. The molecular formula is C24H34ClNO6. The molecule has 6 aliphatic carbocycles. The van der Waals surface area contributed by atoms with Gasteiger partial charge in [-0.15, -0.1) is 12.4 Å². The maximum Gasteiger partial charge on any atom is 0.303 e. The number of piperidine rings is 2. The number of aliphatic hydroxyl groups excluding tert-OH is 2. The Hall–Kier alpha value is -0.700. The monoisotopic (exact) mass is 467 g/mol. The third kappa shape index (κ3) is 1.89. The largest absolute Gasteiger partial charge is 0.459 e. The van der Waals surface area contributed by atoms with E-state index in [2.05, 4.69) is 18.4 Å². The predicted octanol–water partition coefficient (Wildman–Crippen LogP) is 1.23. The van der Waals surface area contributed by atoms with Crippen LogP contribution in [0.15, 0.2) is 12.2 Å². The van der Waals surface area contributed by atoms with Gasteiger partial charge in [0.05, 0.1) is 12.2 Å². The van der Waals surface area contributed by atoms with Gasteiger partial charge in [-0.25, -0.2) is 0 Å². The van der Waals surface area contributed by atoms with Crippen LogP contribution < -0.4 is 0 Å². The van der Waals surface area contributed by atoms with Gasteiger partial charge < -0.3 is 24.8 Å². The molecule has 0 radical (unpaired) electrons. The summed E-state index contributed by atoms with van der Waals surface area (Å²) in [5.41, 5.74) is -1.06. The summed E-state index contributed by atoms with van der Waals surface area (Å²) < 4.78 is 11.8. The first-order chi connectivity index (χ1) is 14.5. The van der Waals surface area contributed by atoms with E-state index < -0.39 is 41.4 Å². The predicted molar refractivity (Wildman–Crippen MR) is 116 cm³/mol. The Balaban J connectivity index is 0.00000196. The lowest BCUT2D eigenvalue weighted by atomic mass is 9.39. The van der Waals surface area contributed by atoms with Crippen LogP contribution in [0.5, 0.6) is 0 Å². The number of halogens is 1. The van der Waals surface area contributed by atoms with Crippen molar-refractivity contribution in [3.05, 3.63) is 12.2 Å². The maximum atomic E-state index is 12.6. The summed E-state index contributed by atoms with van der Waals surface area (Å²) in [5.74, 6) is -0.535. The van der Waals surface area contributed by atoms with Crippen LogP contribution >= 0.6 is 12.4 Å². The number of aliphatic hydroxyl groups is 3. The fourth-order valence-electron chi connectivity index (χ4n) is 11.3. The molecule has 0 aromatic heterocycles. The molecule has 178 valence electrons. The van der Waals surface area contributed by atoms with Crippen molar-refractivity contribution in [2.45, 2.75) is 88.7 Å². The van der Waals surface area contributed by atoms with Crippen LogP contribution in [-0.4, -0.2) is 75.0 Å². The second-order valence-corrected chi connectivity index (χ2v) is 12.2. The molecule has 9 rings (SSSR count). The number of esters is 1. The maximum absolute atomic E-state index is 12.6. The molecule has 3 heterocycles. The van der Waals surface area contributed by atoms with Gasteiger partial charge in [-0.05, 0) is 43.9 Å². The average molecular weight is 468 g/mol. The molecule has 9 fully saturated rings. The summed E-state index contributed by atoms with van der Waals surface area (Å²) in [6.07, 6.45) is 0.748. The minimum absolute atomic E-state index is 0. The third-order valence-corrected chi connectivity index (χ3v) is 10.9. The number of fused-ring (bicyclic) bond motifs is 1. The van der Waals surface area contributed by atoms with Crippen molar-refractivity contribution in [1.82, 2.24) is 4.90 Å². The van der Waals surface area contributed by atoms with Crippen LogP contribution in [0.3, 0.4) is 0 Å². The molecular weight excluding hydrogens is 434 g/mol. The minimum atomic E-state index is -1.19. The second-order valence-electron chi connectivity index (χ2n) is 12.2. The summed E-state index contributed by atoms with van der Waals surface area (Å²) in [4.78, 5) is 14.6. The SMILES string of the molecule is C=C1C[C@]23C[C@H]4[C@@H]5[C@@]6(C)C[C@H](OC(C)O)C[C@]57C(N4C6)[C@@]2(O)[C@@H](OC(C)=O)[C@H]1[C@@H](O)[C@@H]73.Cl. The van der Waals surface area contributed by atoms with E-state index in [9.17, 15) is 20.1 Å². The Kier molecular flexibility index (Phi) is 4.03. The Morgan fingerprint density at radius 2 is 2.00 bits per heavy atom. The van der Waals surface area contributed by atoms with Crippen LogP contribution in [0.4, 0.5) is 0 Å². The molecule has 9 bridgehead atoms. The number of rotatable bonds is 3. The number of carbonyl (C=O) groups is 1. The van der Waals surface area contributed by atoms with Crippen molar-refractivity contribution in [3.63, 3.8) is 0 Å². The van der Waals surface area contributed by atoms with Crippen LogP contribution in [0.25, 0.3) is 0 Å². The van der Waals surface area contributed by atoms with E-state index in [1.165, 1.54) is 6.92 Å². The highest BCUT2D eigenvalue weighted by Crippen LogP contribution is 2.88. The van der Waals surface area contributed by atoms with Crippen molar-refractivity contribution in [1.29, 1.82) is 0 Å². The van der Waals surface area contributed by atoms with Gasteiger partial charge in [0.15, 0.2) is 6.29 Å². The molecule has 2 spiro atoms. The first-order valence-corrected chi connectivity index (χ1v) is 11.9. The third-order valence-electron chi connectivity index (χ3n) is 10.9. The standard InChI is InChI=1S/C24H33NO6.ClH/c1-10-5-22-8-14-17-21(4)6-13(30-11(2)26)7-23(17)18(22)16(28)15(10)19(31-12(3)27)24(22,29)20(23)25(14)9-21;/h11,13-20,26,28-29H,1,5-9H2,2-4H3;1H/t11?,13-,14-,15+,16+,17+,18+,19-,20?,21-,22+,23-,24-;/m0./s1. The zero-order valence-electron chi connectivity index (χ0n) is 18.9. The summed E-state index contributed by atoms with van der Waals surface area (Å²) in [6.45, 7) is 10.5. The number of hydrogen-bond donors (Lipinski definition) is 3. The molecule has 14 atom stereocenters. The lowest BCUT2D eigenvalue weighted by Crippen LogP contribution is -2.77. The fourth-order valence-corrected chi connectivity index (χ4v) is 11.3. The molecule has 8 heteroatoms. The smallest absolute Gasteiger partial charge is 0.303 e. The summed E-state index contributed by atoms with van der Waals surface area (Å²) in [6, 6.07) is 0.228. The van der Waals surface area contributed by atoms with Crippen LogP contribution in [0, 0.1) is 34.0 Å². The van der Waals surface area contributed by atoms with Crippen molar-refractivity contribution in [2.75, 3.05) is 6.54 Å². The number of ether oxygens (including phenoxy) is 2. The summed E-state index contributed by atoms with van der Waals surface area (Å²) in [5, 5.41) is 34.4. The van der Waals surface area contributed by atoms with Gasteiger partial charge in [-0.2, -0.15) is 0 Å². The van der Waals surface area contributed by atoms with Gasteiger partial charge >= 0.3 is 5.97 Å². The van der Waals surface area contributed by atoms with Crippen LogP contribution in [0.1, 0.15) is 46.5 Å². The van der Waals surface area contributed by atoms with Crippen molar-refractivity contribution < 1.29 is 29.6 Å². The van der Waals surface area contributed by atoms with Crippen molar-refractivity contribution >= 4 is 18.4 Å². The fraction of sp³-hybridized carbons (Fsp3) is 0.875. The first kappa shape index (κ1) is 21.8. The van der Waals surface area contributed by atoms with Gasteiger partial charge in [0.25, 0.3) is 0 Å². The molecule has 3 N–H and O–H groups in total. The van der Waals surface area contributed by atoms with Gasteiger partial charge in [0.1, 0.15) is 11.7 Å². The Morgan fingerprint density at radius 1 is 1.28 bits per heavy atom. The van der Waals surface area contributed by atoms with Gasteiger partial charge in [-0.1, -0.05) is 19.1 Å².